The highest BCUT2D eigenvalue weighted by Gasteiger charge is 2.26. The van der Waals surface area contributed by atoms with E-state index in [0.29, 0.717) is 19.6 Å². The number of benzene rings is 1. The number of hydrogen-bond donors (Lipinski definition) is 2. The first-order valence-electron chi connectivity index (χ1n) is 6.78. The zero-order chi connectivity index (χ0) is 14.0. The van der Waals surface area contributed by atoms with Crippen molar-refractivity contribution >= 4 is 11.6 Å². The Morgan fingerprint density at radius 3 is 2.74 bits per heavy atom. The van der Waals surface area contributed by atoms with Gasteiger partial charge in [-0.2, -0.15) is 0 Å². The number of nitrogens with two attached hydrogens (primary N) is 1. The van der Waals surface area contributed by atoms with Gasteiger partial charge in [-0.3, -0.25) is 9.69 Å². The van der Waals surface area contributed by atoms with Gasteiger partial charge in [0, 0.05) is 24.1 Å². The van der Waals surface area contributed by atoms with Crippen LogP contribution >= 0.6 is 0 Å². The molecule has 0 aliphatic carbocycles. The summed E-state index contributed by atoms with van der Waals surface area (Å²) in [5.74, 6) is 0.188. The summed E-state index contributed by atoms with van der Waals surface area (Å²) < 4.78 is 0. The minimum atomic E-state index is -0.0235. The molecule has 0 saturated carbocycles. The van der Waals surface area contributed by atoms with Crippen molar-refractivity contribution in [3.8, 4) is 0 Å². The first-order valence-corrected chi connectivity index (χ1v) is 6.78. The molecule has 0 bridgehead atoms. The second kappa shape index (κ2) is 5.31. The van der Waals surface area contributed by atoms with E-state index in [4.69, 9.17) is 5.73 Å². The number of anilines is 1. The maximum atomic E-state index is 12.0. The molecule has 0 atom stereocenters. The number of amides is 1. The number of nitrogens with zero attached hydrogens (tertiary/aromatic N) is 1. The molecule has 0 saturated heterocycles. The highest BCUT2D eigenvalue weighted by molar-refractivity contribution is 5.96. The highest BCUT2D eigenvalue weighted by Crippen LogP contribution is 2.32. The molecule has 4 nitrogen and oxygen atoms in total. The topological polar surface area (TPSA) is 58.4 Å². The van der Waals surface area contributed by atoms with Gasteiger partial charge in [0.25, 0.3) is 0 Å². The van der Waals surface area contributed by atoms with Crippen LogP contribution in [0, 0.1) is 0 Å². The quantitative estimate of drug-likeness (QED) is 0.861. The molecule has 3 N–H and O–H groups in total. The van der Waals surface area contributed by atoms with Gasteiger partial charge in [-0.25, -0.2) is 0 Å². The first-order chi connectivity index (χ1) is 8.99. The molecule has 0 aromatic heterocycles. The fraction of sp³-hybridized carbons (Fsp3) is 0.533. The molecule has 0 radical (unpaired) electrons. The minimum Gasteiger partial charge on any atom is -0.330 e. The zero-order valence-electron chi connectivity index (χ0n) is 12.0. The van der Waals surface area contributed by atoms with E-state index < -0.39 is 0 Å². The molecule has 19 heavy (non-hydrogen) atoms. The maximum absolute atomic E-state index is 12.0. The van der Waals surface area contributed by atoms with Crippen molar-refractivity contribution in [1.29, 1.82) is 0 Å². The van der Waals surface area contributed by atoms with Crippen molar-refractivity contribution < 1.29 is 4.79 Å². The lowest BCUT2D eigenvalue weighted by atomic mass is 9.83. The Morgan fingerprint density at radius 1 is 1.37 bits per heavy atom. The van der Waals surface area contributed by atoms with Gasteiger partial charge in [-0.05, 0) is 30.7 Å². The van der Waals surface area contributed by atoms with E-state index in [9.17, 15) is 4.79 Å². The number of rotatable bonds is 4. The van der Waals surface area contributed by atoms with Gasteiger partial charge in [-0.15, -0.1) is 0 Å². The molecule has 2 rings (SSSR count). The van der Waals surface area contributed by atoms with Crippen LogP contribution in [0.5, 0.6) is 0 Å². The number of carbonyl (C=O) groups is 1. The zero-order valence-corrected chi connectivity index (χ0v) is 12.0. The lowest BCUT2D eigenvalue weighted by molar-refractivity contribution is -0.119. The Hall–Kier alpha value is -1.39. The fourth-order valence-electron chi connectivity index (χ4n) is 2.43. The summed E-state index contributed by atoms with van der Waals surface area (Å²) >= 11 is 0. The third-order valence-corrected chi connectivity index (χ3v) is 3.89. The smallest absolute Gasteiger partial charge is 0.228 e. The van der Waals surface area contributed by atoms with Crippen LogP contribution in [-0.4, -0.2) is 26.2 Å². The molecule has 0 spiro atoms. The van der Waals surface area contributed by atoms with Crippen molar-refractivity contribution in [2.75, 3.05) is 25.2 Å². The van der Waals surface area contributed by atoms with Crippen LogP contribution in [0.2, 0.25) is 0 Å². The predicted octanol–water partition coefficient (Wildman–Crippen LogP) is 1.38. The average molecular weight is 261 g/mol. The standard InChI is InChI=1S/C15H23N3O/c1-15(2,9-16)12-5-6-13-11(8-12)4-7-14(19)18(13)10-17-3/h5-6,8,17H,4,7,9-10,16H2,1-3H3. The Labute approximate surface area is 115 Å². The summed E-state index contributed by atoms with van der Waals surface area (Å²) in [6, 6.07) is 6.35. The van der Waals surface area contributed by atoms with Gasteiger partial charge in [-0.1, -0.05) is 26.0 Å². The molecule has 1 aliphatic heterocycles. The van der Waals surface area contributed by atoms with Gasteiger partial charge >= 0.3 is 0 Å². The Kier molecular flexibility index (Phi) is 3.92. The van der Waals surface area contributed by atoms with Crippen LogP contribution < -0.4 is 16.0 Å². The second-order valence-corrected chi connectivity index (χ2v) is 5.76. The van der Waals surface area contributed by atoms with Crippen molar-refractivity contribution in [3.05, 3.63) is 29.3 Å². The molecule has 1 aliphatic rings. The van der Waals surface area contributed by atoms with Crippen molar-refractivity contribution in [3.63, 3.8) is 0 Å². The summed E-state index contributed by atoms with van der Waals surface area (Å²) in [6.45, 7) is 5.47. The molecule has 4 heteroatoms. The van der Waals surface area contributed by atoms with Gasteiger partial charge in [0.2, 0.25) is 5.91 Å². The highest BCUT2D eigenvalue weighted by atomic mass is 16.2. The summed E-state index contributed by atoms with van der Waals surface area (Å²) in [5, 5.41) is 3.05. The number of carbonyl (C=O) groups excluding carboxylic acids is 1. The van der Waals surface area contributed by atoms with Gasteiger partial charge in [0.15, 0.2) is 0 Å². The molecule has 104 valence electrons. The monoisotopic (exact) mass is 261 g/mol. The van der Waals surface area contributed by atoms with Crippen LogP contribution in [0.25, 0.3) is 0 Å². The molecule has 1 amide bonds. The average Bonchev–Trinajstić information content (AvgIpc) is 2.41. The second-order valence-electron chi connectivity index (χ2n) is 5.76. The van der Waals surface area contributed by atoms with Crippen molar-refractivity contribution in [2.45, 2.75) is 32.1 Å². The lowest BCUT2D eigenvalue weighted by Gasteiger charge is -2.31. The van der Waals surface area contributed by atoms with Crippen molar-refractivity contribution in [2.24, 2.45) is 5.73 Å². The van der Waals surface area contributed by atoms with Gasteiger partial charge in [0.05, 0.1) is 6.67 Å². The van der Waals surface area contributed by atoms with Gasteiger partial charge in [0.1, 0.15) is 0 Å². The van der Waals surface area contributed by atoms with Crippen LogP contribution in [0.3, 0.4) is 0 Å². The number of aryl methyl sites for hydroxylation is 1. The number of fused-ring (bicyclic) bond motifs is 1. The Morgan fingerprint density at radius 2 is 2.11 bits per heavy atom. The molecule has 1 heterocycles. The maximum Gasteiger partial charge on any atom is 0.228 e. The van der Waals surface area contributed by atoms with Gasteiger partial charge < -0.3 is 11.1 Å². The summed E-state index contributed by atoms with van der Waals surface area (Å²) in [4.78, 5) is 13.8. The molecule has 1 aromatic carbocycles. The lowest BCUT2D eigenvalue weighted by Crippen LogP contribution is -2.40. The fourth-order valence-corrected chi connectivity index (χ4v) is 2.43. The van der Waals surface area contributed by atoms with Crippen LogP contribution in [0.4, 0.5) is 5.69 Å². The normalized spacial score (nSPS) is 15.6. The molecular weight excluding hydrogens is 238 g/mol. The number of hydrogen-bond acceptors (Lipinski definition) is 3. The van der Waals surface area contributed by atoms with E-state index in [1.165, 1.54) is 11.1 Å². The molecule has 0 unspecified atom stereocenters. The van der Waals surface area contributed by atoms with E-state index in [2.05, 4.69) is 37.4 Å². The summed E-state index contributed by atoms with van der Waals surface area (Å²) in [5.41, 5.74) is 9.33. The van der Waals surface area contributed by atoms with Crippen LogP contribution in [0.1, 0.15) is 31.4 Å². The van der Waals surface area contributed by atoms with E-state index in [-0.39, 0.29) is 11.3 Å². The Balaban J connectivity index is 2.39. The van der Waals surface area contributed by atoms with E-state index >= 15 is 0 Å². The third kappa shape index (κ3) is 2.65. The number of nitrogens with one attached hydrogen (secondary N) is 1. The summed E-state index contributed by atoms with van der Waals surface area (Å²) in [6.07, 6.45) is 1.41. The predicted molar refractivity (Wildman–Crippen MR) is 78.3 cm³/mol. The Bertz CT molecular complexity index is 482. The molecular formula is C15H23N3O. The third-order valence-electron chi connectivity index (χ3n) is 3.89. The molecule has 1 aromatic rings. The van der Waals surface area contributed by atoms with E-state index in [1.807, 2.05) is 11.9 Å². The van der Waals surface area contributed by atoms with E-state index in [0.717, 1.165) is 12.1 Å². The first kappa shape index (κ1) is 14.0. The largest absolute Gasteiger partial charge is 0.330 e. The van der Waals surface area contributed by atoms with E-state index in [1.54, 1.807) is 0 Å². The van der Waals surface area contributed by atoms with Crippen LogP contribution in [-0.2, 0) is 16.6 Å². The molecule has 0 fully saturated rings. The summed E-state index contributed by atoms with van der Waals surface area (Å²) in [7, 11) is 1.85. The SMILES string of the molecule is CNCN1C(=O)CCc2cc(C(C)(C)CN)ccc21. The minimum absolute atomic E-state index is 0.0235. The van der Waals surface area contributed by atoms with Crippen molar-refractivity contribution in [1.82, 2.24) is 5.32 Å². The van der Waals surface area contributed by atoms with Crippen LogP contribution in [0.15, 0.2) is 18.2 Å².